The van der Waals surface area contributed by atoms with Crippen LogP contribution >= 0.6 is 0 Å². The first-order chi connectivity index (χ1) is 13.5. The van der Waals surface area contributed by atoms with Gasteiger partial charge in [0.2, 0.25) is 0 Å². The van der Waals surface area contributed by atoms with E-state index in [0.717, 1.165) is 49.7 Å². The van der Waals surface area contributed by atoms with Gasteiger partial charge in [-0.15, -0.1) is 0 Å². The third-order valence-electron chi connectivity index (χ3n) is 5.36. The van der Waals surface area contributed by atoms with Crippen molar-refractivity contribution < 1.29 is 24.9 Å². The molecule has 0 unspecified atom stereocenters. The van der Waals surface area contributed by atoms with Crippen molar-refractivity contribution in [1.82, 2.24) is 0 Å². The second kappa shape index (κ2) is 12.5. The Morgan fingerprint density at radius 1 is 0.759 bits per heavy atom. The third-order valence-corrected chi connectivity index (χ3v) is 5.36. The van der Waals surface area contributed by atoms with Gasteiger partial charge in [-0.1, -0.05) is 44.9 Å². The van der Waals surface area contributed by atoms with E-state index in [1.165, 1.54) is 0 Å². The lowest BCUT2D eigenvalue weighted by atomic mass is 9.86. The first-order valence-corrected chi connectivity index (χ1v) is 10.7. The zero-order valence-corrected chi connectivity index (χ0v) is 19.0. The van der Waals surface area contributed by atoms with E-state index in [2.05, 4.69) is 0 Å². The fourth-order valence-electron chi connectivity index (χ4n) is 3.03. The largest absolute Gasteiger partial charge is 0.507 e. The summed E-state index contributed by atoms with van der Waals surface area (Å²) in [7, 11) is 0. The van der Waals surface area contributed by atoms with Crippen LogP contribution in [0.25, 0.3) is 0 Å². The van der Waals surface area contributed by atoms with Gasteiger partial charge in [0.25, 0.3) is 0 Å². The Kier molecular flexibility index (Phi) is 11.6. The molecule has 0 heterocycles. The normalized spacial score (nSPS) is 11.5. The molecule has 1 rings (SSSR count). The van der Waals surface area contributed by atoms with Crippen LogP contribution in [-0.2, 0) is 22.4 Å². The summed E-state index contributed by atoms with van der Waals surface area (Å²) in [5.74, 6) is -1.23. The quantitative estimate of drug-likeness (QED) is 0.365. The van der Waals surface area contributed by atoms with E-state index in [9.17, 15) is 14.7 Å². The summed E-state index contributed by atoms with van der Waals surface area (Å²) in [6.45, 7) is 10.9. The lowest BCUT2D eigenvalue weighted by molar-refractivity contribution is -0.148. The van der Waals surface area contributed by atoms with Crippen LogP contribution in [-0.4, -0.2) is 27.3 Å². The molecule has 5 heteroatoms. The molecule has 0 aromatic heterocycles. The number of phenols is 1. The van der Waals surface area contributed by atoms with Crippen LogP contribution in [0, 0.1) is 10.8 Å². The molecule has 5 nitrogen and oxygen atoms in total. The van der Waals surface area contributed by atoms with Crippen LogP contribution in [0.1, 0.15) is 91.2 Å². The van der Waals surface area contributed by atoms with Gasteiger partial charge in [0.1, 0.15) is 5.75 Å². The number of benzene rings is 1. The molecule has 0 saturated heterocycles. The highest BCUT2D eigenvalue weighted by Gasteiger charge is 2.27. The maximum Gasteiger partial charge on any atom is 0.309 e. The number of hydrogen-bond acceptors (Lipinski definition) is 3. The molecule has 29 heavy (non-hydrogen) atoms. The lowest BCUT2D eigenvalue weighted by Gasteiger charge is -2.19. The standard InChI is InChI=1S/C22H34O5.C2H6/c1-21(2,19(24)25)14-7-5-10-16-12-9-13-17(18(16)23)11-6-8-15-22(3,4)20(26)27;1-2/h9,12-13,23H,5-8,10-11,14-15H2,1-4H3,(H,24,25)(H,26,27);1-2H3. The van der Waals surface area contributed by atoms with E-state index < -0.39 is 22.8 Å². The molecule has 0 radical (unpaired) electrons. The number of aliphatic carboxylic acids is 2. The fraction of sp³-hybridized carbons (Fsp3) is 0.667. The van der Waals surface area contributed by atoms with Crippen molar-refractivity contribution in [3.05, 3.63) is 29.3 Å². The third kappa shape index (κ3) is 9.33. The number of phenolic OH excluding ortho intramolecular Hbond substituents is 1. The highest BCUT2D eigenvalue weighted by Crippen LogP contribution is 2.29. The molecule has 0 amide bonds. The molecule has 0 aliphatic rings. The predicted octanol–water partition coefficient (Wildman–Crippen LogP) is 6.07. The van der Waals surface area contributed by atoms with Crippen molar-refractivity contribution in [3.8, 4) is 5.75 Å². The highest BCUT2D eigenvalue weighted by molar-refractivity contribution is 5.73. The Morgan fingerprint density at radius 2 is 1.10 bits per heavy atom. The van der Waals surface area contributed by atoms with Gasteiger partial charge in [0.15, 0.2) is 0 Å². The number of rotatable bonds is 12. The van der Waals surface area contributed by atoms with Crippen LogP contribution in [0.2, 0.25) is 0 Å². The first kappa shape index (κ1) is 27.0. The number of hydrogen-bond donors (Lipinski definition) is 3. The van der Waals surface area contributed by atoms with E-state index in [1.54, 1.807) is 27.7 Å². The minimum Gasteiger partial charge on any atom is -0.507 e. The first-order valence-electron chi connectivity index (χ1n) is 10.7. The molecule has 0 bridgehead atoms. The fourth-order valence-corrected chi connectivity index (χ4v) is 3.03. The Balaban J connectivity index is 0.00000379. The molecule has 0 atom stereocenters. The van der Waals surface area contributed by atoms with Crippen molar-refractivity contribution in [2.75, 3.05) is 0 Å². The Hall–Kier alpha value is -2.04. The summed E-state index contributed by atoms with van der Waals surface area (Å²) in [5.41, 5.74) is 0.360. The molecule has 0 fully saturated rings. The summed E-state index contributed by atoms with van der Waals surface area (Å²) in [4.78, 5) is 22.3. The number of aryl methyl sites for hydroxylation is 2. The zero-order valence-electron chi connectivity index (χ0n) is 19.0. The van der Waals surface area contributed by atoms with Crippen LogP contribution < -0.4 is 0 Å². The summed E-state index contributed by atoms with van der Waals surface area (Å²) in [6.07, 6.45) is 5.94. The number of carboxylic acid groups (broad SMARTS) is 2. The van der Waals surface area contributed by atoms with Crippen LogP contribution in [0.4, 0.5) is 0 Å². The van der Waals surface area contributed by atoms with E-state index in [4.69, 9.17) is 10.2 Å². The van der Waals surface area contributed by atoms with Crippen molar-refractivity contribution in [2.45, 2.75) is 92.9 Å². The van der Waals surface area contributed by atoms with Crippen LogP contribution in [0.3, 0.4) is 0 Å². The number of aromatic hydroxyl groups is 1. The van der Waals surface area contributed by atoms with Crippen molar-refractivity contribution in [3.63, 3.8) is 0 Å². The molecule has 0 aliphatic carbocycles. The van der Waals surface area contributed by atoms with Gasteiger partial charge in [0.05, 0.1) is 10.8 Å². The number of unbranched alkanes of at least 4 members (excludes halogenated alkanes) is 2. The van der Waals surface area contributed by atoms with E-state index >= 15 is 0 Å². The van der Waals surface area contributed by atoms with Gasteiger partial charge in [-0.2, -0.15) is 0 Å². The summed E-state index contributed by atoms with van der Waals surface area (Å²) >= 11 is 0. The van der Waals surface area contributed by atoms with Gasteiger partial charge >= 0.3 is 11.9 Å². The lowest BCUT2D eigenvalue weighted by Crippen LogP contribution is -2.23. The van der Waals surface area contributed by atoms with Crippen LogP contribution in [0.5, 0.6) is 5.75 Å². The molecule has 3 N–H and O–H groups in total. The van der Waals surface area contributed by atoms with Crippen molar-refractivity contribution >= 4 is 11.9 Å². The van der Waals surface area contributed by atoms with E-state index in [0.29, 0.717) is 18.6 Å². The van der Waals surface area contributed by atoms with Gasteiger partial charge in [-0.25, -0.2) is 0 Å². The Labute approximate surface area is 176 Å². The topological polar surface area (TPSA) is 94.8 Å². The number of para-hydroxylation sites is 1. The summed E-state index contributed by atoms with van der Waals surface area (Å²) in [6, 6.07) is 5.76. The summed E-state index contributed by atoms with van der Waals surface area (Å²) < 4.78 is 0. The number of carbonyl (C=O) groups is 2. The molecule has 0 saturated carbocycles. The molecular weight excluding hydrogens is 368 g/mol. The van der Waals surface area contributed by atoms with E-state index in [1.807, 2.05) is 32.0 Å². The maximum atomic E-state index is 11.1. The maximum absolute atomic E-state index is 11.1. The molecule has 0 spiro atoms. The Bertz CT molecular complexity index is 594. The second-order valence-electron chi connectivity index (χ2n) is 8.72. The molecular formula is C24H40O5. The second-order valence-corrected chi connectivity index (χ2v) is 8.72. The van der Waals surface area contributed by atoms with E-state index in [-0.39, 0.29) is 0 Å². The van der Waals surface area contributed by atoms with Gasteiger partial charge in [-0.05, 0) is 77.3 Å². The number of carboxylic acids is 2. The van der Waals surface area contributed by atoms with Crippen LogP contribution in [0.15, 0.2) is 18.2 Å². The predicted molar refractivity (Wildman–Crippen MR) is 117 cm³/mol. The average molecular weight is 409 g/mol. The monoisotopic (exact) mass is 408 g/mol. The molecule has 166 valence electrons. The SMILES string of the molecule is CC.CC(C)(CCCCc1cccc(CCCCC(C)(C)C(=O)O)c1O)C(=O)O. The minimum atomic E-state index is -0.779. The molecule has 1 aromatic rings. The minimum absolute atomic E-state index is 0.326. The zero-order chi connectivity index (χ0) is 22.7. The molecule has 0 aliphatic heterocycles. The molecule has 1 aromatic carbocycles. The van der Waals surface area contributed by atoms with Gasteiger partial charge < -0.3 is 15.3 Å². The van der Waals surface area contributed by atoms with Gasteiger partial charge in [-0.3, -0.25) is 9.59 Å². The Morgan fingerprint density at radius 3 is 1.41 bits per heavy atom. The van der Waals surface area contributed by atoms with Crippen molar-refractivity contribution in [1.29, 1.82) is 0 Å². The summed E-state index contributed by atoms with van der Waals surface area (Å²) in [5, 5.41) is 28.8. The highest BCUT2D eigenvalue weighted by atomic mass is 16.4. The van der Waals surface area contributed by atoms with Crippen molar-refractivity contribution in [2.24, 2.45) is 10.8 Å². The average Bonchev–Trinajstić information content (AvgIpc) is 2.65. The smallest absolute Gasteiger partial charge is 0.309 e. The van der Waals surface area contributed by atoms with Gasteiger partial charge in [0, 0.05) is 0 Å².